The number of nitrogens with one attached hydrogen (secondary N) is 1. The third-order valence-corrected chi connectivity index (χ3v) is 4.24. The second kappa shape index (κ2) is 6.01. The summed E-state index contributed by atoms with van der Waals surface area (Å²) in [4.78, 5) is 4.30. The summed E-state index contributed by atoms with van der Waals surface area (Å²) in [7, 11) is 0. The van der Waals surface area contributed by atoms with Crippen LogP contribution in [0, 0.1) is 11.7 Å². The van der Waals surface area contributed by atoms with E-state index in [1.165, 1.54) is 6.07 Å². The molecule has 118 valence electrons. The molecule has 1 aromatic rings. The smallest absolute Gasteiger partial charge is 0.146 e. The summed E-state index contributed by atoms with van der Waals surface area (Å²) in [6, 6.07) is 3.00. The van der Waals surface area contributed by atoms with E-state index in [0.29, 0.717) is 5.69 Å². The van der Waals surface area contributed by atoms with Gasteiger partial charge in [0, 0.05) is 12.1 Å². The fourth-order valence-corrected chi connectivity index (χ4v) is 3.48. The van der Waals surface area contributed by atoms with Crippen LogP contribution in [0.3, 0.4) is 0 Å². The van der Waals surface area contributed by atoms with Crippen molar-refractivity contribution in [3.05, 3.63) is 29.8 Å². The fourth-order valence-electron chi connectivity index (χ4n) is 3.48. The molecule has 1 N–H and O–H groups in total. The molecule has 2 atom stereocenters. The molecule has 2 unspecified atom stereocenters. The van der Waals surface area contributed by atoms with Gasteiger partial charge in [0.25, 0.3) is 0 Å². The summed E-state index contributed by atoms with van der Waals surface area (Å²) >= 11 is 0. The number of rotatable bonds is 5. The van der Waals surface area contributed by atoms with E-state index in [0.717, 1.165) is 19.4 Å². The van der Waals surface area contributed by atoms with Crippen molar-refractivity contribution in [3.8, 4) is 0 Å². The molecule has 1 aromatic heterocycles. The van der Waals surface area contributed by atoms with Gasteiger partial charge in [0.2, 0.25) is 0 Å². The normalized spacial score (nSPS) is 25.0. The molecule has 2 rings (SSSR count). The summed E-state index contributed by atoms with van der Waals surface area (Å²) in [5, 5.41) is 3.48. The highest BCUT2D eigenvalue weighted by molar-refractivity contribution is 5.16. The van der Waals surface area contributed by atoms with Crippen LogP contribution in [0.4, 0.5) is 4.39 Å². The van der Waals surface area contributed by atoms with Crippen molar-refractivity contribution in [2.75, 3.05) is 6.54 Å². The zero-order chi connectivity index (χ0) is 15.7. The molecule has 1 aliphatic heterocycles. The Balaban J connectivity index is 2.35. The Morgan fingerprint density at radius 3 is 2.67 bits per heavy atom. The Kier molecular flexibility index (Phi) is 4.69. The minimum absolute atomic E-state index is 0.122. The molecular weight excluding hydrogens is 267 g/mol. The van der Waals surface area contributed by atoms with Gasteiger partial charge in [0.15, 0.2) is 0 Å². The van der Waals surface area contributed by atoms with Gasteiger partial charge in [-0.15, -0.1) is 0 Å². The first-order chi connectivity index (χ1) is 9.77. The van der Waals surface area contributed by atoms with E-state index in [-0.39, 0.29) is 29.0 Å². The molecule has 1 fully saturated rings. The Hall–Kier alpha value is -1.00. The minimum Gasteiger partial charge on any atom is -0.369 e. The highest BCUT2D eigenvalue weighted by Crippen LogP contribution is 2.47. The van der Waals surface area contributed by atoms with Crippen LogP contribution < -0.4 is 5.32 Å². The van der Waals surface area contributed by atoms with Crippen molar-refractivity contribution in [3.63, 3.8) is 0 Å². The van der Waals surface area contributed by atoms with Crippen molar-refractivity contribution >= 4 is 0 Å². The van der Waals surface area contributed by atoms with Gasteiger partial charge in [0.1, 0.15) is 5.82 Å². The number of aromatic nitrogens is 1. The molecule has 1 saturated heterocycles. The van der Waals surface area contributed by atoms with Gasteiger partial charge in [-0.3, -0.25) is 4.98 Å². The number of halogens is 1. The molecule has 2 heterocycles. The molecule has 4 heteroatoms. The number of hydrogen-bond donors (Lipinski definition) is 1. The van der Waals surface area contributed by atoms with Gasteiger partial charge < -0.3 is 10.1 Å². The Morgan fingerprint density at radius 1 is 1.43 bits per heavy atom. The zero-order valence-corrected chi connectivity index (χ0v) is 13.7. The molecular formula is C17H27FN2O. The van der Waals surface area contributed by atoms with Gasteiger partial charge in [-0.25, -0.2) is 4.39 Å². The van der Waals surface area contributed by atoms with Crippen LogP contribution in [0.15, 0.2) is 18.3 Å². The van der Waals surface area contributed by atoms with Crippen LogP contribution in [-0.2, 0) is 4.74 Å². The Morgan fingerprint density at radius 2 is 2.14 bits per heavy atom. The monoisotopic (exact) mass is 294 g/mol. The minimum atomic E-state index is -0.307. The highest BCUT2D eigenvalue weighted by atomic mass is 19.1. The molecule has 21 heavy (non-hydrogen) atoms. The molecule has 0 radical (unpaired) electrons. The molecule has 0 saturated carbocycles. The molecule has 0 spiro atoms. The van der Waals surface area contributed by atoms with Crippen molar-refractivity contribution in [1.29, 1.82) is 0 Å². The van der Waals surface area contributed by atoms with E-state index >= 15 is 0 Å². The first-order valence-corrected chi connectivity index (χ1v) is 7.81. The predicted molar refractivity (Wildman–Crippen MR) is 82.6 cm³/mol. The summed E-state index contributed by atoms with van der Waals surface area (Å²) in [5.74, 6) is -0.0601. The molecule has 0 aliphatic carbocycles. The fraction of sp³-hybridized carbons (Fsp3) is 0.706. The average Bonchev–Trinajstić information content (AvgIpc) is 2.60. The number of hydrogen-bond acceptors (Lipinski definition) is 3. The van der Waals surface area contributed by atoms with Gasteiger partial charge in [-0.1, -0.05) is 6.92 Å². The second-order valence-corrected chi connectivity index (χ2v) is 7.08. The molecule has 0 aromatic carbocycles. The third-order valence-electron chi connectivity index (χ3n) is 4.24. The molecule has 1 aliphatic rings. The maximum atomic E-state index is 14.2. The lowest BCUT2D eigenvalue weighted by Crippen LogP contribution is -2.39. The number of pyridine rings is 1. The lowest BCUT2D eigenvalue weighted by molar-refractivity contribution is -0.0780. The maximum absolute atomic E-state index is 14.2. The van der Waals surface area contributed by atoms with Crippen molar-refractivity contribution < 1.29 is 9.13 Å². The summed E-state index contributed by atoms with van der Waals surface area (Å²) in [5.41, 5.74) is 0.00933. The summed E-state index contributed by atoms with van der Waals surface area (Å²) < 4.78 is 20.4. The van der Waals surface area contributed by atoms with Crippen LogP contribution in [0.1, 0.15) is 59.2 Å². The summed E-state index contributed by atoms with van der Waals surface area (Å²) in [6.45, 7) is 11.3. The van der Waals surface area contributed by atoms with E-state index < -0.39 is 0 Å². The van der Waals surface area contributed by atoms with Crippen molar-refractivity contribution in [2.45, 2.75) is 64.7 Å². The van der Waals surface area contributed by atoms with Crippen LogP contribution in [-0.4, -0.2) is 22.7 Å². The molecule has 0 bridgehead atoms. The van der Waals surface area contributed by atoms with E-state index in [2.05, 4.69) is 44.9 Å². The van der Waals surface area contributed by atoms with Crippen LogP contribution in [0.25, 0.3) is 0 Å². The molecule has 0 amide bonds. The number of nitrogens with zero attached hydrogens (tertiary/aromatic N) is 1. The SMILES string of the molecule is CCCNC(c1ncccc1F)C1CC(C)(C)OC1(C)C. The largest absolute Gasteiger partial charge is 0.369 e. The van der Waals surface area contributed by atoms with Crippen LogP contribution >= 0.6 is 0 Å². The predicted octanol–water partition coefficient (Wildman–Crippen LogP) is 3.86. The van der Waals surface area contributed by atoms with Crippen molar-refractivity contribution in [2.24, 2.45) is 5.92 Å². The third kappa shape index (κ3) is 3.61. The lowest BCUT2D eigenvalue weighted by Gasteiger charge is -2.33. The lowest BCUT2D eigenvalue weighted by atomic mass is 9.80. The Bertz CT molecular complexity index is 487. The standard InChI is InChI=1S/C17H27FN2O/c1-6-9-19-14(15-13(18)8-7-10-20-15)12-11-16(2,3)21-17(12,4)5/h7-8,10,12,14,19H,6,9,11H2,1-5H3. The van der Waals surface area contributed by atoms with Gasteiger partial charge in [-0.05, 0) is 59.2 Å². The maximum Gasteiger partial charge on any atom is 0.146 e. The van der Waals surface area contributed by atoms with Crippen LogP contribution in [0.2, 0.25) is 0 Å². The summed E-state index contributed by atoms with van der Waals surface area (Å²) in [6.07, 6.45) is 3.55. The average molecular weight is 294 g/mol. The topological polar surface area (TPSA) is 34.2 Å². The van der Waals surface area contributed by atoms with Gasteiger partial charge >= 0.3 is 0 Å². The van der Waals surface area contributed by atoms with Gasteiger partial charge in [-0.2, -0.15) is 0 Å². The first-order valence-electron chi connectivity index (χ1n) is 7.81. The molecule has 3 nitrogen and oxygen atoms in total. The highest BCUT2D eigenvalue weighted by Gasteiger charge is 2.50. The first kappa shape index (κ1) is 16.4. The second-order valence-electron chi connectivity index (χ2n) is 7.08. The number of ether oxygens (including phenoxy) is 1. The van der Waals surface area contributed by atoms with Gasteiger partial charge in [0.05, 0.1) is 22.9 Å². The Labute approximate surface area is 127 Å². The van der Waals surface area contributed by atoms with E-state index in [4.69, 9.17) is 4.74 Å². The van der Waals surface area contributed by atoms with Crippen LogP contribution in [0.5, 0.6) is 0 Å². The quantitative estimate of drug-likeness (QED) is 0.895. The van der Waals surface area contributed by atoms with Crippen molar-refractivity contribution in [1.82, 2.24) is 10.3 Å². The van der Waals surface area contributed by atoms with E-state index in [1.807, 2.05) is 0 Å². The zero-order valence-electron chi connectivity index (χ0n) is 13.7. The van der Waals surface area contributed by atoms with E-state index in [1.54, 1.807) is 12.3 Å². The van der Waals surface area contributed by atoms with E-state index in [9.17, 15) is 4.39 Å².